The van der Waals surface area contributed by atoms with Gasteiger partial charge >= 0.3 is 22.2 Å². The zero-order valence-corrected chi connectivity index (χ0v) is 22.8. The van der Waals surface area contributed by atoms with Crippen LogP contribution in [0, 0.1) is 11.6 Å². The van der Waals surface area contributed by atoms with Crippen molar-refractivity contribution in [2.75, 3.05) is 42.7 Å². The molecule has 5 rings (SSSR count). The van der Waals surface area contributed by atoms with Crippen LogP contribution < -0.4 is 19.4 Å². The van der Waals surface area contributed by atoms with Crippen molar-refractivity contribution in [3.05, 3.63) is 60.6 Å². The van der Waals surface area contributed by atoms with Crippen molar-refractivity contribution < 1.29 is 44.7 Å². The molecule has 3 aromatic heterocycles. The molecule has 1 saturated heterocycles. The Morgan fingerprint density at radius 2 is 1.74 bits per heavy atom. The van der Waals surface area contributed by atoms with Gasteiger partial charge in [0.2, 0.25) is 5.88 Å². The number of benzene rings is 1. The van der Waals surface area contributed by atoms with E-state index in [0.29, 0.717) is 55.2 Å². The summed E-state index contributed by atoms with van der Waals surface area (Å²) >= 11 is 0. The van der Waals surface area contributed by atoms with Crippen LogP contribution in [0.3, 0.4) is 0 Å². The van der Waals surface area contributed by atoms with Gasteiger partial charge in [0.15, 0.2) is 16.4 Å². The highest BCUT2D eigenvalue weighted by Gasteiger charge is 2.46. The van der Waals surface area contributed by atoms with Crippen LogP contribution in [0.1, 0.15) is 0 Å². The van der Waals surface area contributed by atoms with E-state index in [1.165, 1.54) is 12.4 Å². The predicted octanol–water partition coefficient (Wildman–Crippen LogP) is 3.00. The van der Waals surface area contributed by atoms with Crippen molar-refractivity contribution in [1.82, 2.24) is 25.3 Å². The Morgan fingerprint density at radius 3 is 2.40 bits per heavy atom. The highest BCUT2D eigenvalue weighted by Crippen LogP contribution is 2.37. The Morgan fingerprint density at radius 1 is 1.05 bits per heavy atom. The van der Waals surface area contributed by atoms with Crippen LogP contribution in [-0.2, 0) is 19.7 Å². The van der Waals surface area contributed by atoms with E-state index in [9.17, 15) is 35.2 Å². The van der Waals surface area contributed by atoms with Crippen LogP contribution in [0.2, 0.25) is 0 Å². The molecule has 18 heteroatoms. The maximum atomic E-state index is 14.6. The minimum Gasteiger partial charge on any atom is -0.479 e. The van der Waals surface area contributed by atoms with E-state index in [1.807, 2.05) is 4.90 Å². The lowest BCUT2D eigenvalue weighted by Crippen LogP contribution is -2.44. The number of nitrogens with one attached hydrogen (secondary N) is 1. The molecule has 0 aliphatic carbocycles. The number of halogens is 5. The summed E-state index contributed by atoms with van der Waals surface area (Å²) in [5, 5.41) is 3.22. The number of fused-ring (bicyclic) bond motifs is 1. The molecule has 0 unspecified atom stereocenters. The summed E-state index contributed by atoms with van der Waals surface area (Å²) in [6.07, 6.45) is -3.17. The van der Waals surface area contributed by atoms with Gasteiger partial charge in [0.05, 0.1) is 18.3 Å². The minimum absolute atomic E-state index is 0.00470. The molecule has 0 radical (unpaired) electrons. The van der Waals surface area contributed by atoms with E-state index in [4.69, 9.17) is 4.74 Å². The number of pyridine rings is 2. The Kier molecular flexibility index (Phi) is 7.98. The molecular weight excluding hydrogens is 605 g/mol. The predicted molar refractivity (Wildman–Crippen MR) is 140 cm³/mol. The third-order valence-electron chi connectivity index (χ3n) is 6.19. The quantitative estimate of drug-likeness (QED) is 0.240. The highest BCUT2D eigenvalue weighted by molar-refractivity contribution is 7.92. The monoisotopic (exact) mass is 625 g/mol. The van der Waals surface area contributed by atoms with Crippen molar-refractivity contribution in [2.24, 2.45) is 0 Å². The first kappa shape index (κ1) is 29.8. The van der Waals surface area contributed by atoms with E-state index in [0.717, 1.165) is 25.4 Å². The molecule has 4 aromatic rings. The molecule has 0 amide bonds. The van der Waals surface area contributed by atoms with Crippen LogP contribution >= 0.6 is 0 Å². The lowest BCUT2D eigenvalue weighted by molar-refractivity contribution is -0.199. The molecule has 0 spiro atoms. The lowest BCUT2D eigenvalue weighted by atomic mass is 10.1. The van der Waals surface area contributed by atoms with Gasteiger partial charge in [-0.1, -0.05) is 10.5 Å². The number of anilines is 2. The highest BCUT2D eigenvalue weighted by atomic mass is 32.2. The zero-order chi connectivity index (χ0) is 30.9. The number of carbonyl (C=O) groups is 1. The van der Waals surface area contributed by atoms with Crippen LogP contribution in [0.25, 0.3) is 22.3 Å². The summed E-state index contributed by atoms with van der Waals surface area (Å²) < 4.78 is 100. The van der Waals surface area contributed by atoms with Gasteiger partial charge < -0.3 is 19.8 Å². The number of ether oxygens (including phenoxy) is 1. The van der Waals surface area contributed by atoms with Gasteiger partial charge in [-0.25, -0.2) is 33.5 Å². The number of alkyl halides is 3. The van der Waals surface area contributed by atoms with E-state index in [2.05, 4.69) is 30.1 Å². The van der Waals surface area contributed by atoms with Crippen LogP contribution in [0.15, 0.2) is 53.8 Å². The summed E-state index contributed by atoms with van der Waals surface area (Å²) in [7, 11) is -4.69. The van der Waals surface area contributed by atoms with Crippen LogP contribution in [0.5, 0.6) is 5.88 Å². The normalized spacial score (nSPS) is 14.0. The van der Waals surface area contributed by atoms with Gasteiger partial charge in [-0.2, -0.15) is 21.6 Å². The van der Waals surface area contributed by atoms with Crippen molar-refractivity contribution in [1.29, 1.82) is 0 Å². The number of nitrogens with zero attached hydrogens (tertiary/aromatic N) is 6. The number of methoxy groups -OCH3 is 1. The van der Waals surface area contributed by atoms with Crippen LogP contribution in [0.4, 0.5) is 33.5 Å². The molecule has 1 aliphatic heterocycles. The molecule has 1 aliphatic rings. The maximum Gasteiger partial charge on any atom is 0.493 e. The fourth-order valence-corrected chi connectivity index (χ4v) is 5.58. The van der Waals surface area contributed by atoms with Gasteiger partial charge in [0.25, 0.3) is 0 Å². The number of sulfonamides is 1. The molecule has 1 N–H and O–H groups in total. The fourth-order valence-electron chi connectivity index (χ4n) is 4.23. The second-order valence-corrected chi connectivity index (χ2v) is 10.6. The summed E-state index contributed by atoms with van der Waals surface area (Å²) in [5.74, 6) is -6.47. The third kappa shape index (κ3) is 5.82. The maximum absolute atomic E-state index is 14.6. The van der Waals surface area contributed by atoms with Gasteiger partial charge in [0.1, 0.15) is 23.5 Å². The summed E-state index contributed by atoms with van der Waals surface area (Å²) in [5.41, 5.74) is 0.0542. The average Bonchev–Trinajstić information content (AvgIpc) is 2.98. The average molecular weight is 626 g/mol. The number of hydrogen-bond donors (Lipinski definition) is 1. The first-order valence-electron chi connectivity index (χ1n) is 12.3. The molecule has 12 nitrogen and oxygen atoms in total. The lowest BCUT2D eigenvalue weighted by Gasteiger charge is -2.28. The number of aromatic nitrogens is 4. The van der Waals surface area contributed by atoms with E-state index in [-0.39, 0.29) is 11.3 Å². The van der Waals surface area contributed by atoms with Gasteiger partial charge in [-0.3, -0.25) is 0 Å². The van der Waals surface area contributed by atoms with Gasteiger partial charge in [0, 0.05) is 37.9 Å². The van der Waals surface area contributed by atoms with Crippen molar-refractivity contribution in [3.63, 3.8) is 0 Å². The number of carbonyl (C=O) groups excluding carboxylic acids is 1. The van der Waals surface area contributed by atoms with E-state index < -0.39 is 54.7 Å². The SMILES string of the molecule is COc1ncc(-c2ccc3ncnc(N4CCNCC4)c3n2)cc1N(OC(=O)C(F)(F)F)S(=O)(=O)c1c(F)cccc1F. The Labute approximate surface area is 240 Å². The van der Waals surface area contributed by atoms with Crippen molar-refractivity contribution >= 4 is 38.5 Å². The fraction of sp³-hybridized carbons (Fsp3) is 0.240. The van der Waals surface area contributed by atoms with Crippen molar-refractivity contribution in [3.8, 4) is 17.1 Å². The Bertz CT molecular complexity index is 1780. The molecule has 1 aromatic carbocycles. The second kappa shape index (κ2) is 11.5. The molecule has 43 heavy (non-hydrogen) atoms. The third-order valence-corrected chi connectivity index (χ3v) is 7.80. The molecule has 0 bridgehead atoms. The molecule has 1 fully saturated rings. The van der Waals surface area contributed by atoms with E-state index >= 15 is 0 Å². The Balaban J connectivity index is 1.67. The summed E-state index contributed by atoms with van der Waals surface area (Å²) in [4.78, 5) is 33.4. The van der Waals surface area contributed by atoms with Gasteiger partial charge in [-0.15, -0.1) is 0 Å². The molecule has 0 saturated carbocycles. The number of piperazine rings is 1. The van der Waals surface area contributed by atoms with Crippen molar-refractivity contribution in [2.45, 2.75) is 11.1 Å². The minimum atomic E-state index is -5.69. The summed E-state index contributed by atoms with van der Waals surface area (Å²) in [6.45, 7) is 2.63. The standard InChI is InChI=1S/C25H20F5N7O5S/c1-41-23-19(37(42-24(38)25(28,29)30)43(39,40)21-15(26)3-2-4-16(21)27)11-14(12-32-23)17-5-6-18-20(35-17)22(34-13-33-18)36-9-7-31-8-10-36/h2-6,11-13,31H,7-10H2,1H3. The molecular formula is C25H20F5N7O5S. The first-order chi connectivity index (χ1) is 20.4. The second-order valence-electron chi connectivity index (χ2n) is 8.91. The van der Waals surface area contributed by atoms with Crippen LogP contribution in [-0.4, -0.2) is 73.8 Å². The first-order valence-corrected chi connectivity index (χ1v) is 13.8. The number of rotatable bonds is 7. The molecule has 0 atom stereocenters. The number of hydrogen-bond acceptors (Lipinski definition) is 11. The smallest absolute Gasteiger partial charge is 0.479 e. The molecule has 226 valence electrons. The molecule has 4 heterocycles. The Hall–Kier alpha value is -4.71. The largest absolute Gasteiger partial charge is 0.493 e. The zero-order valence-electron chi connectivity index (χ0n) is 22.0. The van der Waals surface area contributed by atoms with E-state index in [1.54, 1.807) is 6.07 Å². The summed E-state index contributed by atoms with van der Waals surface area (Å²) in [6, 6.07) is 5.94. The topological polar surface area (TPSA) is 140 Å². The van der Waals surface area contributed by atoms with Gasteiger partial charge in [-0.05, 0) is 30.3 Å².